The predicted octanol–water partition coefficient (Wildman–Crippen LogP) is 7.04. The normalized spacial score (nSPS) is 11.0. The van der Waals surface area contributed by atoms with Crippen LogP contribution in [0, 0.1) is 0 Å². The fraction of sp³-hybridized carbons (Fsp3) is 0. The Morgan fingerprint density at radius 3 is 2.34 bits per heavy atom. The summed E-state index contributed by atoms with van der Waals surface area (Å²) in [5.74, 6) is -0.174. The van der Waals surface area contributed by atoms with E-state index in [4.69, 9.17) is 4.42 Å². The Balaban J connectivity index is 1.24. The van der Waals surface area contributed by atoms with Gasteiger partial charge in [0.2, 0.25) is 0 Å². The Morgan fingerprint density at radius 2 is 1.49 bits per heavy atom. The summed E-state index contributed by atoms with van der Waals surface area (Å²) in [6.07, 6.45) is 4.97. The van der Waals surface area contributed by atoms with Crippen molar-refractivity contribution in [2.24, 2.45) is 0 Å². The van der Waals surface area contributed by atoms with Crippen molar-refractivity contribution in [3.8, 4) is 11.3 Å². The highest BCUT2D eigenvalue weighted by Gasteiger charge is 2.13. The van der Waals surface area contributed by atoms with Gasteiger partial charge in [0.1, 0.15) is 11.2 Å². The van der Waals surface area contributed by atoms with E-state index in [2.05, 4.69) is 32.7 Å². The number of benzene rings is 3. The van der Waals surface area contributed by atoms with Crippen LogP contribution < -0.4 is 10.6 Å². The van der Waals surface area contributed by atoms with Gasteiger partial charge in [0.05, 0.1) is 5.69 Å². The zero-order valence-electron chi connectivity index (χ0n) is 18.6. The summed E-state index contributed by atoms with van der Waals surface area (Å²) in [4.78, 5) is 20.9. The summed E-state index contributed by atoms with van der Waals surface area (Å²) < 4.78 is 6.17. The van der Waals surface area contributed by atoms with Crippen LogP contribution in [-0.4, -0.2) is 15.9 Å². The minimum absolute atomic E-state index is 0.174. The van der Waals surface area contributed by atoms with E-state index in [-0.39, 0.29) is 5.91 Å². The van der Waals surface area contributed by atoms with Crippen molar-refractivity contribution in [3.63, 3.8) is 0 Å². The first-order valence-electron chi connectivity index (χ1n) is 11.2. The molecule has 3 heterocycles. The van der Waals surface area contributed by atoms with Crippen LogP contribution in [0.3, 0.4) is 0 Å². The van der Waals surface area contributed by atoms with E-state index in [0.717, 1.165) is 44.6 Å². The van der Waals surface area contributed by atoms with Crippen molar-refractivity contribution in [1.29, 1.82) is 0 Å². The Hall–Kier alpha value is -4.97. The zero-order chi connectivity index (χ0) is 23.6. The van der Waals surface area contributed by atoms with Crippen molar-refractivity contribution in [2.75, 3.05) is 10.6 Å². The molecular formula is C29H20N4O2. The third-order valence-electron chi connectivity index (χ3n) is 5.81. The monoisotopic (exact) mass is 456 g/mol. The van der Waals surface area contributed by atoms with Crippen LogP contribution in [-0.2, 0) is 0 Å². The molecular weight excluding hydrogens is 436 g/mol. The smallest absolute Gasteiger partial charge is 0.255 e. The molecule has 6 aromatic rings. The van der Waals surface area contributed by atoms with Gasteiger partial charge in [0, 0.05) is 57.6 Å². The summed E-state index contributed by atoms with van der Waals surface area (Å²) in [7, 11) is 0. The maximum absolute atomic E-state index is 12.3. The fourth-order valence-corrected chi connectivity index (χ4v) is 4.11. The first-order valence-corrected chi connectivity index (χ1v) is 11.2. The predicted molar refractivity (Wildman–Crippen MR) is 139 cm³/mol. The molecule has 0 saturated carbocycles. The van der Waals surface area contributed by atoms with Crippen LogP contribution in [0.25, 0.3) is 33.2 Å². The third kappa shape index (κ3) is 4.09. The second kappa shape index (κ2) is 8.76. The second-order valence-electron chi connectivity index (χ2n) is 8.10. The quantitative estimate of drug-likeness (QED) is 0.291. The number of aromatic nitrogens is 2. The molecule has 0 aliphatic heterocycles. The number of furan rings is 1. The molecule has 3 aromatic heterocycles. The number of pyridine rings is 2. The average Bonchev–Trinajstić information content (AvgIpc) is 3.29. The highest BCUT2D eigenvalue weighted by atomic mass is 16.3. The van der Waals surface area contributed by atoms with Gasteiger partial charge in [-0.15, -0.1) is 0 Å². The van der Waals surface area contributed by atoms with Crippen molar-refractivity contribution >= 4 is 44.9 Å². The summed E-state index contributed by atoms with van der Waals surface area (Å²) in [5.41, 5.74) is 6.52. The highest BCUT2D eigenvalue weighted by Crippen LogP contribution is 2.35. The number of nitrogens with one attached hydrogen (secondary N) is 2. The van der Waals surface area contributed by atoms with Gasteiger partial charge >= 0.3 is 0 Å². The molecule has 0 aliphatic carbocycles. The van der Waals surface area contributed by atoms with Crippen LogP contribution in [0.1, 0.15) is 10.4 Å². The molecule has 1 amide bonds. The van der Waals surface area contributed by atoms with E-state index < -0.39 is 0 Å². The minimum Gasteiger partial charge on any atom is -0.455 e. The van der Waals surface area contributed by atoms with E-state index in [9.17, 15) is 4.79 Å². The number of fused-ring (bicyclic) bond motifs is 3. The lowest BCUT2D eigenvalue weighted by Gasteiger charge is -2.10. The molecule has 0 atom stereocenters. The molecule has 6 heteroatoms. The van der Waals surface area contributed by atoms with Gasteiger partial charge in [-0.25, -0.2) is 0 Å². The Morgan fingerprint density at radius 1 is 0.714 bits per heavy atom. The number of carbonyl (C=O) groups is 1. The standard InChI is InChI=1S/C29H20N4O2/c34-29(19-12-15-30-16-13-19)33-21-10-8-20(9-11-21)32-22-14-17-31-26(18-22)25-6-3-5-24-23-4-1-2-7-27(23)35-28(24)25/h1-18H,(H,31,32)(H,33,34). The molecule has 2 N–H and O–H groups in total. The number of rotatable bonds is 5. The van der Waals surface area contributed by atoms with Crippen molar-refractivity contribution in [2.45, 2.75) is 0 Å². The van der Waals surface area contributed by atoms with Gasteiger partial charge in [-0.05, 0) is 60.7 Å². The SMILES string of the molecule is O=C(Nc1ccc(Nc2ccnc(-c3cccc4c3oc3ccccc34)c2)cc1)c1ccncc1. The van der Waals surface area contributed by atoms with E-state index in [1.807, 2.05) is 66.7 Å². The highest BCUT2D eigenvalue weighted by molar-refractivity contribution is 6.09. The van der Waals surface area contributed by atoms with Gasteiger partial charge < -0.3 is 15.1 Å². The van der Waals surface area contributed by atoms with E-state index in [1.54, 1.807) is 30.7 Å². The molecule has 0 fully saturated rings. The van der Waals surface area contributed by atoms with Crippen LogP contribution in [0.2, 0.25) is 0 Å². The van der Waals surface area contributed by atoms with Crippen molar-refractivity contribution in [3.05, 3.63) is 115 Å². The van der Waals surface area contributed by atoms with Crippen LogP contribution in [0.15, 0.2) is 114 Å². The lowest BCUT2D eigenvalue weighted by atomic mass is 10.1. The molecule has 0 saturated heterocycles. The number of hydrogen-bond acceptors (Lipinski definition) is 5. The topological polar surface area (TPSA) is 80.0 Å². The van der Waals surface area contributed by atoms with Gasteiger partial charge in [0.25, 0.3) is 5.91 Å². The maximum Gasteiger partial charge on any atom is 0.255 e. The number of anilines is 3. The first kappa shape index (κ1) is 20.6. The van der Waals surface area contributed by atoms with E-state index in [1.165, 1.54) is 0 Å². The lowest BCUT2D eigenvalue weighted by molar-refractivity contribution is 0.102. The fourth-order valence-electron chi connectivity index (χ4n) is 4.11. The van der Waals surface area contributed by atoms with Gasteiger partial charge in [-0.1, -0.05) is 30.3 Å². The molecule has 35 heavy (non-hydrogen) atoms. The Bertz CT molecular complexity index is 1660. The first-order chi connectivity index (χ1) is 17.2. The minimum atomic E-state index is -0.174. The Kier molecular flexibility index (Phi) is 5.16. The number of nitrogens with zero attached hydrogens (tertiary/aromatic N) is 2. The largest absolute Gasteiger partial charge is 0.455 e. The van der Waals surface area contributed by atoms with Crippen molar-refractivity contribution in [1.82, 2.24) is 9.97 Å². The van der Waals surface area contributed by atoms with Crippen LogP contribution >= 0.6 is 0 Å². The number of amides is 1. The number of hydrogen-bond donors (Lipinski definition) is 2. The van der Waals surface area contributed by atoms with Crippen LogP contribution in [0.5, 0.6) is 0 Å². The summed E-state index contributed by atoms with van der Waals surface area (Å²) in [6.45, 7) is 0. The lowest BCUT2D eigenvalue weighted by Crippen LogP contribution is -2.11. The second-order valence-corrected chi connectivity index (χ2v) is 8.10. The van der Waals surface area contributed by atoms with Crippen LogP contribution in [0.4, 0.5) is 17.1 Å². The summed E-state index contributed by atoms with van der Waals surface area (Å²) in [6, 6.07) is 29.0. The van der Waals surface area contributed by atoms with Gasteiger partial charge in [-0.2, -0.15) is 0 Å². The average molecular weight is 457 g/mol. The molecule has 0 spiro atoms. The molecule has 3 aromatic carbocycles. The Labute approximate surface area is 201 Å². The number of para-hydroxylation sites is 2. The van der Waals surface area contributed by atoms with E-state index >= 15 is 0 Å². The molecule has 6 rings (SSSR count). The molecule has 6 nitrogen and oxygen atoms in total. The maximum atomic E-state index is 12.3. The summed E-state index contributed by atoms with van der Waals surface area (Å²) >= 11 is 0. The molecule has 0 radical (unpaired) electrons. The van der Waals surface area contributed by atoms with Gasteiger partial charge in [0.15, 0.2) is 0 Å². The van der Waals surface area contributed by atoms with Gasteiger partial charge in [-0.3, -0.25) is 14.8 Å². The summed E-state index contributed by atoms with van der Waals surface area (Å²) in [5, 5.41) is 8.47. The third-order valence-corrected chi connectivity index (χ3v) is 5.81. The molecule has 168 valence electrons. The zero-order valence-corrected chi connectivity index (χ0v) is 18.6. The van der Waals surface area contributed by atoms with Crippen molar-refractivity contribution < 1.29 is 9.21 Å². The number of carbonyl (C=O) groups excluding carboxylic acids is 1. The molecule has 0 aliphatic rings. The molecule has 0 bridgehead atoms. The van der Waals surface area contributed by atoms with E-state index in [0.29, 0.717) is 11.3 Å². The molecule has 0 unspecified atom stereocenters.